The molecular weight excluding hydrogens is 318 g/mol. The van der Waals surface area contributed by atoms with Gasteiger partial charge in [-0.15, -0.1) is 10.1 Å². The van der Waals surface area contributed by atoms with E-state index < -0.39 is 5.09 Å². The average molecular weight is 341 g/mol. The van der Waals surface area contributed by atoms with E-state index in [0.717, 1.165) is 0 Å². The van der Waals surface area contributed by atoms with Crippen LogP contribution in [0.4, 0.5) is 0 Å². The Labute approximate surface area is 140 Å². The number of carbonyl (C=O) groups excluding carboxylic acids is 2. The third-order valence-corrected chi connectivity index (χ3v) is 2.91. The molecule has 24 heavy (non-hydrogen) atoms. The molecule has 0 unspecified atom stereocenters. The summed E-state index contributed by atoms with van der Waals surface area (Å²) in [6.07, 6.45) is 5.34. The molecular formula is C15H23N3O6. The zero-order valence-corrected chi connectivity index (χ0v) is 14.1. The molecule has 0 radical (unpaired) electrons. The molecule has 0 spiro atoms. The highest BCUT2D eigenvalue weighted by molar-refractivity contribution is 5.94. The first-order valence-electron chi connectivity index (χ1n) is 7.50. The van der Waals surface area contributed by atoms with Gasteiger partial charge in [0.2, 0.25) is 5.91 Å². The summed E-state index contributed by atoms with van der Waals surface area (Å²) >= 11 is 0. The Hall–Kier alpha value is -2.58. The van der Waals surface area contributed by atoms with Crippen molar-refractivity contribution in [3.63, 3.8) is 0 Å². The lowest BCUT2D eigenvalue weighted by Crippen LogP contribution is -2.35. The SMILES string of the molecule is CC(C)(C)CC(=O)OCN1C=CC=C(C(=O)NCCO[N+](=O)[O-])C1. The van der Waals surface area contributed by atoms with Crippen LogP contribution in [0.5, 0.6) is 0 Å². The Morgan fingerprint density at radius 1 is 1.42 bits per heavy atom. The lowest BCUT2D eigenvalue weighted by atomic mass is 9.93. The van der Waals surface area contributed by atoms with Crippen LogP contribution in [0.25, 0.3) is 0 Å². The number of nitrogens with one attached hydrogen (secondary N) is 1. The van der Waals surface area contributed by atoms with E-state index in [1.807, 2.05) is 20.8 Å². The van der Waals surface area contributed by atoms with E-state index in [2.05, 4.69) is 10.2 Å². The lowest BCUT2D eigenvalue weighted by molar-refractivity contribution is -0.757. The molecule has 0 fully saturated rings. The minimum absolute atomic E-state index is 0.0292. The van der Waals surface area contributed by atoms with Gasteiger partial charge in [0.1, 0.15) is 6.61 Å². The summed E-state index contributed by atoms with van der Waals surface area (Å²) in [6, 6.07) is 0. The summed E-state index contributed by atoms with van der Waals surface area (Å²) in [7, 11) is 0. The highest BCUT2D eigenvalue weighted by Gasteiger charge is 2.19. The Balaban J connectivity index is 2.34. The lowest BCUT2D eigenvalue weighted by Gasteiger charge is -2.24. The van der Waals surface area contributed by atoms with Gasteiger partial charge in [0, 0.05) is 18.3 Å². The molecule has 9 nitrogen and oxygen atoms in total. The van der Waals surface area contributed by atoms with Crippen molar-refractivity contribution in [1.29, 1.82) is 0 Å². The molecule has 1 N–H and O–H groups in total. The van der Waals surface area contributed by atoms with Gasteiger partial charge in [-0.25, -0.2) is 0 Å². The number of amides is 1. The highest BCUT2D eigenvalue weighted by Crippen LogP contribution is 2.19. The van der Waals surface area contributed by atoms with Crippen molar-refractivity contribution in [2.24, 2.45) is 5.41 Å². The van der Waals surface area contributed by atoms with E-state index in [9.17, 15) is 19.7 Å². The van der Waals surface area contributed by atoms with E-state index in [4.69, 9.17) is 4.74 Å². The van der Waals surface area contributed by atoms with Gasteiger partial charge in [0.25, 0.3) is 5.09 Å². The summed E-state index contributed by atoms with van der Waals surface area (Å²) in [5.41, 5.74) is 0.316. The summed E-state index contributed by atoms with van der Waals surface area (Å²) in [5.74, 6) is -0.648. The minimum atomic E-state index is -0.914. The highest BCUT2D eigenvalue weighted by atomic mass is 16.9. The largest absolute Gasteiger partial charge is 0.444 e. The maximum absolute atomic E-state index is 11.9. The molecule has 0 saturated heterocycles. The normalized spacial score (nSPS) is 14.0. The number of ether oxygens (including phenoxy) is 1. The van der Waals surface area contributed by atoms with Crippen molar-refractivity contribution < 1.29 is 24.3 Å². The predicted octanol–water partition coefficient (Wildman–Crippen LogP) is 1.00. The van der Waals surface area contributed by atoms with E-state index in [1.165, 1.54) is 0 Å². The summed E-state index contributed by atoms with van der Waals surface area (Å²) in [6.45, 7) is 5.99. The van der Waals surface area contributed by atoms with Crippen LogP contribution in [0.2, 0.25) is 0 Å². The monoisotopic (exact) mass is 341 g/mol. The van der Waals surface area contributed by atoms with Gasteiger partial charge in [-0.2, -0.15) is 0 Å². The topological polar surface area (TPSA) is 111 Å². The van der Waals surface area contributed by atoms with Gasteiger partial charge in [-0.1, -0.05) is 26.8 Å². The molecule has 0 aromatic heterocycles. The molecule has 0 atom stereocenters. The Morgan fingerprint density at radius 3 is 2.75 bits per heavy atom. The van der Waals surface area contributed by atoms with E-state index in [-0.39, 0.29) is 43.7 Å². The van der Waals surface area contributed by atoms with Crippen LogP contribution < -0.4 is 5.32 Å². The van der Waals surface area contributed by atoms with Crippen molar-refractivity contribution in [2.45, 2.75) is 27.2 Å². The first-order valence-corrected chi connectivity index (χ1v) is 7.50. The van der Waals surface area contributed by atoms with Crippen LogP contribution in [0.1, 0.15) is 27.2 Å². The standard InChI is InChI=1S/C15H23N3O6/c1-15(2,3)9-13(19)23-11-17-7-4-5-12(10-17)14(20)16-6-8-24-18(21)22/h4-5,7H,6,8-11H2,1-3H3,(H,16,20). The number of allylic oxidation sites excluding steroid dienone is 2. The molecule has 1 amide bonds. The van der Waals surface area contributed by atoms with Crippen LogP contribution >= 0.6 is 0 Å². The fourth-order valence-electron chi connectivity index (χ4n) is 1.88. The number of rotatable bonds is 8. The van der Waals surface area contributed by atoms with Gasteiger partial charge in [-0.05, 0) is 11.5 Å². The van der Waals surface area contributed by atoms with E-state index in [0.29, 0.717) is 12.0 Å². The number of nitrogens with zero attached hydrogens (tertiary/aromatic N) is 2. The fourth-order valence-corrected chi connectivity index (χ4v) is 1.88. The molecule has 0 aromatic rings. The second-order valence-corrected chi connectivity index (χ2v) is 6.48. The van der Waals surface area contributed by atoms with Crippen molar-refractivity contribution in [2.75, 3.05) is 26.4 Å². The van der Waals surface area contributed by atoms with Crippen molar-refractivity contribution in [3.8, 4) is 0 Å². The average Bonchev–Trinajstić information content (AvgIpc) is 2.48. The Morgan fingerprint density at radius 2 is 2.12 bits per heavy atom. The first-order chi connectivity index (χ1) is 11.2. The zero-order chi connectivity index (χ0) is 18.2. The molecule has 1 aliphatic rings. The van der Waals surface area contributed by atoms with Crippen LogP contribution in [-0.2, 0) is 19.2 Å². The molecule has 1 rings (SSSR count). The van der Waals surface area contributed by atoms with Crippen molar-refractivity contribution >= 4 is 11.9 Å². The summed E-state index contributed by atoms with van der Waals surface area (Å²) < 4.78 is 5.19. The van der Waals surface area contributed by atoms with E-state index >= 15 is 0 Å². The van der Waals surface area contributed by atoms with Crippen molar-refractivity contribution in [3.05, 3.63) is 34.0 Å². The summed E-state index contributed by atoms with van der Waals surface area (Å²) in [5, 5.41) is 11.6. The van der Waals surface area contributed by atoms with Gasteiger partial charge in [-0.3, -0.25) is 9.59 Å². The smallest absolute Gasteiger partial charge is 0.308 e. The van der Waals surface area contributed by atoms with Crippen LogP contribution in [0.15, 0.2) is 23.9 Å². The number of carbonyl (C=O) groups is 2. The second kappa shape index (κ2) is 8.90. The molecule has 0 aliphatic carbocycles. The number of hydrogen-bond acceptors (Lipinski definition) is 7. The molecule has 9 heteroatoms. The molecule has 0 saturated carbocycles. The van der Waals surface area contributed by atoms with Gasteiger partial charge >= 0.3 is 5.97 Å². The first kappa shape index (κ1) is 19.5. The molecule has 0 aromatic carbocycles. The fraction of sp³-hybridized carbons (Fsp3) is 0.600. The second-order valence-electron chi connectivity index (χ2n) is 6.48. The maximum Gasteiger partial charge on any atom is 0.308 e. The molecule has 0 bridgehead atoms. The molecule has 134 valence electrons. The number of esters is 1. The quantitative estimate of drug-likeness (QED) is 0.303. The molecule has 1 heterocycles. The Bertz CT molecular complexity index is 536. The molecule has 1 aliphatic heterocycles. The third kappa shape index (κ3) is 8.16. The maximum atomic E-state index is 11.9. The number of hydrogen-bond donors (Lipinski definition) is 1. The third-order valence-electron chi connectivity index (χ3n) is 2.91. The summed E-state index contributed by atoms with van der Waals surface area (Å²) in [4.78, 5) is 39.5. The Kier molecular flexibility index (Phi) is 7.22. The van der Waals surface area contributed by atoms with Crippen molar-refractivity contribution in [1.82, 2.24) is 10.2 Å². The van der Waals surface area contributed by atoms with E-state index in [1.54, 1.807) is 23.3 Å². The van der Waals surface area contributed by atoms with Gasteiger partial charge < -0.3 is 19.8 Å². The predicted molar refractivity (Wildman–Crippen MR) is 84.9 cm³/mol. The van der Waals surface area contributed by atoms with Gasteiger partial charge in [0.05, 0.1) is 13.0 Å². The van der Waals surface area contributed by atoms with Crippen LogP contribution in [-0.4, -0.2) is 48.3 Å². The minimum Gasteiger partial charge on any atom is -0.444 e. The zero-order valence-electron chi connectivity index (χ0n) is 14.1. The van der Waals surface area contributed by atoms with Crippen LogP contribution in [0.3, 0.4) is 0 Å². The van der Waals surface area contributed by atoms with Gasteiger partial charge in [0.15, 0.2) is 6.73 Å². The van der Waals surface area contributed by atoms with Crippen LogP contribution in [0, 0.1) is 15.5 Å².